The SMILES string of the molecule is Cc1ccc(N(Cc2ccc(-c3cc(C)c(C)c(C)c3)nc2)C2CCN(Cc3ccnc(-c4cc(C)c(C)c(C)c4)c3)CC2)cc1.Cl.Cl.Cl. The molecule has 49 heavy (non-hydrogen) atoms. The van der Waals surface area contributed by atoms with Gasteiger partial charge in [-0.3, -0.25) is 14.9 Å². The zero-order valence-corrected chi connectivity index (χ0v) is 32.4. The maximum absolute atomic E-state index is 4.93. The number of likely N-dealkylation sites (tertiary alicyclic amines) is 1. The van der Waals surface area contributed by atoms with E-state index < -0.39 is 0 Å². The molecule has 0 N–H and O–H groups in total. The Morgan fingerprint density at radius 3 is 1.69 bits per heavy atom. The zero-order chi connectivity index (χ0) is 32.4. The lowest BCUT2D eigenvalue weighted by atomic mass is 9.98. The van der Waals surface area contributed by atoms with Gasteiger partial charge in [-0.1, -0.05) is 23.8 Å². The van der Waals surface area contributed by atoms with Crippen LogP contribution >= 0.6 is 37.2 Å². The summed E-state index contributed by atoms with van der Waals surface area (Å²) in [6.07, 6.45) is 6.32. The molecule has 2 aromatic heterocycles. The first-order valence-electron chi connectivity index (χ1n) is 16.8. The van der Waals surface area contributed by atoms with Gasteiger partial charge in [-0.15, -0.1) is 37.2 Å². The van der Waals surface area contributed by atoms with Crippen molar-refractivity contribution in [2.45, 2.75) is 80.4 Å². The molecule has 3 heterocycles. The van der Waals surface area contributed by atoms with Gasteiger partial charge in [0.1, 0.15) is 0 Å². The molecule has 1 aliphatic rings. The highest BCUT2D eigenvalue weighted by Gasteiger charge is 2.25. The largest absolute Gasteiger partial charge is 0.364 e. The third-order valence-electron chi connectivity index (χ3n) is 10.2. The minimum Gasteiger partial charge on any atom is -0.364 e. The summed E-state index contributed by atoms with van der Waals surface area (Å²) in [7, 11) is 0. The number of hydrogen-bond acceptors (Lipinski definition) is 4. The van der Waals surface area contributed by atoms with Crippen LogP contribution in [0.5, 0.6) is 0 Å². The predicted molar refractivity (Wildman–Crippen MR) is 215 cm³/mol. The Morgan fingerprint density at radius 2 is 1.16 bits per heavy atom. The highest BCUT2D eigenvalue weighted by Crippen LogP contribution is 2.29. The molecule has 0 atom stereocenters. The molecular weight excluding hydrogens is 667 g/mol. The quantitative estimate of drug-likeness (QED) is 0.160. The molecule has 1 aliphatic heterocycles. The number of nitrogens with zero attached hydrogens (tertiary/aromatic N) is 4. The van der Waals surface area contributed by atoms with E-state index in [0.29, 0.717) is 6.04 Å². The van der Waals surface area contributed by atoms with Crippen molar-refractivity contribution < 1.29 is 0 Å². The average Bonchev–Trinajstić information content (AvgIpc) is 3.06. The molecule has 7 heteroatoms. The summed E-state index contributed by atoms with van der Waals surface area (Å²) in [6, 6.07) is 27.5. The van der Waals surface area contributed by atoms with Gasteiger partial charge in [-0.05, 0) is 160 Å². The number of pyridine rings is 2. The van der Waals surface area contributed by atoms with E-state index in [1.807, 2.05) is 6.20 Å². The first-order chi connectivity index (χ1) is 22.1. The van der Waals surface area contributed by atoms with E-state index in [0.717, 1.165) is 50.4 Å². The van der Waals surface area contributed by atoms with Crippen LogP contribution in [0.15, 0.2) is 85.2 Å². The lowest BCUT2D eigenvalue weighted by Gasteiger charge is -2.40. The Morgan fingerprint density at radius 1 is 0.612 bits per heavy atom. The molecule has 0 saturated carbocycles. The minimum absolute atomic E-state index is 0. The van der Waals surface area contributed by atoms with Crippen LogP contribution in [0.4, 0.5) is 5.69 Å². The van der Waals surface area contributed by atoms with Crippen molar-refractivity contribution in [1.29, 1.82) is 0 Å². The monoisotopic (exact) mass is 716 g/mol. The summed E-state index contributed by atoms with van der Waals surface area (Å²) in [4.78, 5) is 14.9. The fraction of sp³-hybridized carbons (Fsp3) is 0.333. The summed E-state index contributed by atoms with van der Waals surface area (Å²) >= 11 is 0. The van der Waals surface area contributed by atoms with Crippen LogP contribution in [-0.4, -0.2) is 34.0 Å². The molecule has 260 valence electrons. The van der Waals surface area contributed by atoms with Gasteiger partial charge < -0.3 is 4.90 Å². The lowest BCUT2D eigenvalue weighted by Crippen LogP contribution is -2.44. The molecule has 0 aliphatic carbocycles. The number of halogens is 3. The van der Waals surface area contributed by atoms with Crippen molar-refractivity contribution in [3.8, 4) is 22.5 Å². The first kappa shape index (κ1) is 40.0. The second-order valence-corrected chi connectivity index (χ2v) is 13.5. The van der Waals surface area contributed by atoms with E-state index in [9.17, 15) is 0 Å². The second kappa shape index (κ2) is 17.5. The van der Waals surface area contributed by atoms with Gasteiger partial charge in [-0.2, -0.15) is 0 Å². The van der Waals surface area contributed by atoms with Crippen molar-refractivity contribution in [2.75, 3.05) is 18.0 Å². The Hall–Kier alpha value is -3.41. The molecule has 0 bridgehead atoms. The van der Waals surface area contributed by atoms with Crippen molar-refractivity contribution in [1.82, 2.24) is 14.9 Å². The number of benzene rings is 3. The predicted octanol–water partition coefficient (Wildman–Crippen LogP) is 10.9. The Balaban J connectivity index is 0.00000217. The highest BCUT2D eigenvalue weighted by atomic mass is 35.5. The number of rotatable bonds is 8. The second-order valence-electron chi connectivity index (χ2n) is 13.5. The third kappa shape index (κ3) is 9.43. The van der Waals surface area contributed by atoms with Crippen LogP contribution in [-0.2, 0) is 13.1 Å². The van der Waals surface area contributed by atoms with E-state index in [1.54, 1.807) is 0 Å². The number of aromatic nitrogens is 2. The highest BCUT2D eigenvalue weighted by molar-refractivity contribution is 5.86. The molecule has 0 spiro atoms. The van der Waals surface area contributed by atoms with Crippen molar-refractivity contribution >= 4 is 42.9 Å². The standard InChI is InChI=1S/C42H48N4.3ClH/c1-28-8-11-39(12-9-28)46(27-36-10-13-41(44-25-36)37-20-29(2)33(6)30(3)21-37)40-15-18-45(19-16-40)26-35-14-17-43-42(24-35)38-22-31(4)34(7)32(5)23-38;;;/h8-14,17,20-25,40H,15-16,18-19,26-27H2,1-7H3;3*1H. The molecule has 3 aromatic carbocycles. The van der Waals surface area contributed by atoms with E-state index in [4.69, 9.17) is 9.97 Å². The van der Waals surface area contributed by atoms with E-state index in [1.165, 1.54) is 66.9 Å². The van der Waals surface area contributed by atoms with Crippen LogP contribution < -0.4 is 4.90 Å². The van der Waals surface area contributed by atoms with E-state index in [-0.39, 0.29) is 37.2 Å². The fourth-order valence-corrected chi connectivity index (χ4v) is 6.80. The molecule has 0 unspecified atom stereocenters. The Bertz CT molecular complexity index is 1780. The average molecular weight is 718 g/mol. The maximum Gasteiger partial charge on any atom is 0.0705 e. The summed E-state index contributed by atoms with van der Waals surface area (Å²) in [6.45, 7) is 19.3. The Labute approximate surface area is 312 Å². The minimum atomic E-state index is 0. The fourth-order valence-electron chi connectivity index (χ4n) is 6.80. The summed E-state index contributed by atoms with van der Waals surface area (Å²) in [5, 5.41) is 0. The number of aryl methyl sites for hydroxylation is 5. The molecule has 4 nitrogen and oxygen atoms in total. The molecule has 6 rings (SSSR count). The van der Waals surface area contributed by atoms with Crippen molar-refractivity contribution in [3.63, 3.8) is 0 Å². The lowest BCUT2D eigenvalue weighted by molar-refractivity contribution is 0.201. The van der Waals surface area contributed by atoms with E-state index in [2.05, 4.69) is 137 Å². The molecule has 0 amide bonds. The van der Waals surface area contributed by atoms with Crippen LogP contribution in [0.3, 0.4) is 0 Å². The summed E-state index contributed by atoms with van der Waals surface area (Å²) in [5.74, 6) is 0. The van der Waals surface area contributed by atoms with Gasteiger partial charge in [-0.25, -0.2) is 0 Å². The van der Waals surface area contributed by atoms with Crippen molar-refractivity contribution in [2.24, 2.45) is 0 Å². The van der Waals surface area contributed by atoms with Crippen LogP contribution in [0, 0.1) is 48.5 Å². The number of piperidine rings is 1. The summed E-state index contributed by atoms with van der Waals surface area (Å²) < 4.78 is 0. The molecule has 1 saturated heterocycles. The molecule has 1 fully saturated rings. The smallest absolute Gasteiger partial charge is 0.0705 e. The number of anilines is 1. The zero-order valence-electron chi connectivity index (χ0n) is 29.9. The first-order valence-corrected chi connectivity index (χ1v) is 16.8. The van der Waals surface area contributed by atoms with Gasteiger partial charge >= 0.3 is 0 Å². The van der Waals surface area contributed by atoms with Crippen LogP contribution in [0.1, 0.15) is 62.9 Å². The Kier molecular flexibility index (Phi) is 14.3. The topological polar surface area (TPSA) is 32.3 Å². The van der Waals surface area contributed by atoms with Gasteiger partial charge in [0.25, 0.3) is 0 Å². The van der Waals surface area contributed by atoms with Gasteiger partial charge in [0.15, 0.2) is 0 Å². The van der Waals surface area contributed by atoms with Gasteiger partial charge in [0.2, 0.25) is 0 Å². The van der Waals surface area contributed by atoms with Crippen molar-refractivity contribution in [3.05, 3.63) is 135 Å². The van der Waals surface area contributed by atoms with Gasteiger partial charge in [0, 0.05) is 61.4 Å². The normalized spacial score (nSPS) is 13.2. The van der Waals surface area contributed by atoms with Crippen LogP contribution in [0.25, 0.3) is 22.5 Å². The van der Waals surface area contributed by atoms with Crippen LogP contribution in [0.2, 0.25) is 0 Å². The number of hydrogen-bond donors (Lipinski definition) is 0. The molecule has 0 radical (unpaired) electrons. The molecule has 5 aromatic rings. The summed E-state index contributed by atoms with van der Waals surface area (Å²) in [5.41, 5.74) is 17.7. The van der Waals surface area contributed by atoms with E-state index >= 15 is 0 Å². The van der Waals surface area contributed by atoms with Gasteiger partial charge in [0.05, 0.1) is 11.4 Å². The maximum atomic E-state index is 4.93. The third-order valence-corrected chi connectivity index (χ3v) is 10.2. The molecular formula is C42H51Cl3N4.